The zero-order valence-electron chi connectivity index (χ0n) is 21.1. The van der Waals surface area contributed by atoms with Crippen molar-refractivity contribution in [2.24, 2.45) is 0 Å². The second-order valence-electron chi connectivity index (χ2n) is 8.54. The van der Waals surface area contributed by atoms with Gasteiger partial charge in [0.2, 0.25) is 11.8 Å². The molecule has 0 bridgehead atoms. The monoisotopic (exact) mass is 595 g/mol. The number of benzene rings is 3. The molecule has 1 atom stereocenters. The number of hydrogen-bond acceptors (Lipinski definition) is 4. The molecule has 3 aromatic carbocycles. The third-order valence-electron chi connectivity index (χ3n) is 6.03. The number of carbonyl (C=O) groups is 2. The van der Waals surface area contributed by atoms with Crippen LogP contribution in [0.5, 0.6) is 0 Å². The van der Waals surface area contributed by atoms with Crippen molar-refractivity contribution >= 4 is 62.3 Å². The van der Waals surface area contributed by atoms with Gasteiger partial charge in [-0.2, -0.15) is 0 Å². The lowest BCUT2D eigenvalue weighted by Gasteiger charge is -2.33. The number of nitrogens with zero attached hydrogens (tertiary/aromatic N) is 2. The second kappa shape index (κ2) is 12.8. The molecular weight excluding hydrogens is 569 g/mol. The lowest BCUT2D eigenvalue weighted by molar-refractivity contribution is -0.140. The molecule has 11 heteroatoms. The predicted octanol–water partition coefficient (Wildman–Crippen LogP) is 5.70. The van der Waals surface area contributed by atoms with Gasteiger partial charge in [0.15, 0.2) is 0 Å². The number of sulfonamides is 1. The van der Waals surface area contributed by atoms with Crippen LogP contribution in [0.2, 0.25) is 15.1 Å². The van der Waals surface area contributed by atoms with Crippen molar-refractivity contribution < 1.29 is 18.0 Å². The Labute approximate surface area is 238 Å². The first-order valence-electron chi connectivity index (χ1n) is 11.8. The molecule has 0 aromatic heterocycles. The highest BCUT2D eigenvalue weighted by Gasteiger charge is 2.34. The van der Waals surface area contributed by atoms with Gasteiger partial charge >= 0.3 is 0 Å². The van der Waals surface area contributed by atoms with Crippen LogP contribution < -0.4 is 9.62 Å². The number of rotatable bonds is 10. The fraction of sp³-hybridized carbons (Fsp3) is 0.259. The average Bonchev–Trinajstić information content (AvgIpc) is 2.89. The Morgan fingerprint density at radius 2 is 1.47 bits per heavy atom. The van der Waals surface area contributed by atoms with Crippen LogP contribution in [-0.4, -0.2) is 44.8 Å². The standard InChI is InChI=1S/C27H28Cl3N3O4S/c1-4-24(27(35)31-3)32(16-20-21(28)9-7-10-22(20)29)26(34)17-33(25-11-6-5-8-23(25)30)38(36,37)19-14-12-18(2)13-15-19/h5-15,24H,4,16-17H2,1-3H3,(H,31,35)/t24-/m0/s1. The third kappa shape index (κ3) is 6.61. The summed E-state index contributed by atoms with van der Waals surface area (Å²) in [5, 5.41) is 3.35. The Kier molecular flexibility index (Phi) is 10.1. The summed E-state index contributed by atoms with van der Waals surface area (Å²) in [7, 11) is -2.75. The lowest BCUT2D eigenvalue weighted by atomic mass is 10.1. The summed E-state index contributed by atoms with van der Waals surface area (Å²) in [6.07, 6.45) is 0.268. The third-order valence-corrected chi connectivity index (χ3v) is 8.83. The van der Waals surface area contributed by atoms with Gasteiger partial charge < -0.3 is 10.2 Å². The Balaban J connectivity index is 2.11. The first-order chi connectivity index (χ1) is 18.0. The van der Waals surface area contributed by atoms with Crippen molar-refractivity contribution in [3.63, 3.8) is 0 Å². The van der Waals surface area contributed by atoms with Crippen molar-refractivity contribution in [3.8, 4) is 0 Å². The molecule has 0 saturated heterocycles. The van der Waals surface area contributed by atoms with E-state index in [0.717, 1.165) is 9.87 Å². The fourth-order valence-corrected chi connectivity index (χ4v) is 6.18. The molecule has 38 heavy (non-hydrogen) atoms. The quantitative estimate of drug-likeness (QED) is 0.325. The van der Waals surface area contributed by atoms with Crippen LogP contribution in [0.15, 0.2) is 71.6 Å². The SMILES string of the molecule is CC[C@@H](C(=O)NC)N(Cc1c(Cl)cccc1Cl)C(=O)CN(c1ccccc1Cl)S(=O)(=O)c1ccc(C)cc1. The molecule has 0 saturated carbocycles. The van der Waals surface area contributed by atoms with Gasteiger partial charge in [0.05, 0.1) is 15.6 Å². The Hall–Kier alpha value is -2.78. The molecule has 7 nitrogen and oxygen atoms in total. The maximum Gasteiger partial charge on any atom is 0.264 e. The van der Waals surface area contributed by atoms with E-state index in [-0.39, 0.29) is 28.6 Å². The Morgan fingerprint density at radius 1 is 0.895 bits per heavy atom. The lowest BCUT2D eigenvalue weighted by Crippen LogP contribution is -2.51. The molecule has 0 heterocycles. The molecule has 0 unspecified atom stereocenters. The number of hydrogen-bond donors (Lipinski definition) is 1. The zero-order valence-corrected chi connectivity index (χ0v) is 24.2. The van der Waals surface area contributed by atoms with Gasteiger partial charge in [0.1, 0.15) is 12.6 Å². The van der Waals surface area contributed by atoms with Crippen molar-refractivity contribution in [1.29, 1.82) is 0 Å². The summed E-state index contributed by atoms with van der Waals surface area (Å²) < 4.78 is 28.6. The van der Waals surface area contributed by atoms with Crippen LogP contribution in [-0.2, 0) is 26.2 Å². The molecule has 3 rings (SSSR count). The highest BCUT2D eigenvalue weighted by molar-refractivity contribution is 7.92. The molecule has 0 spiro atoms. The van der Waals surface area contributed by atoms with Gasteiger partial charge in [-0.05, 0) is 49.7 Å². The van der Waals surface area contributed by atoms with Crippen LogP contribution in [0.4, 0.5) is 5.69 Å². The van der Waals surface area contributed by atoms with Crippen LogP contribution in [0.3, 0.4) is 0 Å². The van der Waals surface area contributed by atoms with Crippen molar-refractivity contribution in [1.82, 2.24) is 10.2 Å². The summed E-state index contributed by atoms with van der Waals surface area (Å²) in [4.78, 5) is 28.0. The minimum absolute atomic E-state index is 0.00476. The molecule has 2 amide bonds. The van der Waals surface area contributed by atoms with E-state index in [9.17, 15) is 18.0 Å². The van der Waals surface area contributed by atoms with Crippen molar-refractivity contribution in [3.05, 3.63) is 92.9 Å². The minimum Gasteiger partial charge on any atom is -0.357 e. The van der Waals surface area contributed by atoms with Crippen molar-refractivity contribution in [2.75, 3.05) is 17.9 Å². The number of amides is 2. The molecule has 0 aliphatic carbocycles. The van der Waals surface area contributed by atoms with E-state index in [2.05, 4.69) is 5.32 Å². The number of nitrogens with one attached hydrogen (secondary N) is 1. The van der Waals surface area contributed by atoms with Gasteiger partial charge in [-0.1, -0.05) is 77.6 Å². The van der Waals surface area contributed by atoms with Gasteiger partial charge in [-0.15, -0.1) is 0 Å². The van der Waals surface area contributed by atoms with Crippen LogP contribution in [0.25, 0.3) is 0 Å². The number of para-hydroxylation sites is 1. The Bertz CT molecular complexity index is 1400. The molecule has 0 fully saturated rings. The van der Waals surface area contributed by atoms with Gasteiger partial charge in [0.25, 0.3) is 10.0 Å². The molecular formula is C27H28Cl3N3O4S. The summed E-state index contributed by atoms with van der Waals surface area (Å²) in [6, 6.07) is 16.7. The number of halogens is 3. The smallest absolute Gasteiger partial charge is 0.264 e. The first-order valence-corrected chi connectivity index (χ1v) is 14.4. The van der Waals surface area contributed by atoms with E-state index in [4.69, 9.17) is 34.8 Å². The molecule has 0 aliphatic heterocycles. The van der Waals surface area contributed by atoms with E-state index < -0.39 is 34.4 Å². The summed E-state index contributed by atoms with van der Waals surface area (Å²) in [5.74, 6) is -1.04. The number of anilines is 1. The molecule has 3 aromatic rings. The average molecular weight is 597 g/mol. The van der Waals surface area contributed by atoms with E-state index >= 15 is 0 Å². The van der Waals surface area contributed by atoms with Gasteiger partial charge in [-0.3, -0.25) is 13.9 Å². The zero-order chi connectivity index (χ0) is 28.0. The number of carbonyl (C=O) groups excluding carboxylic acids is 2. The van der Waals surface area contributed by atoms with Crippen LogP contribution >= 0.6 is 34.8 Å². The van der Waals surface area contributed by atoms with Crippen molar-refractivity contribution in [2.45, 2.75) is 37.8 Å². The predicted molar refractivity (Wildman–Crippen MR) is 152 cm³/mol. The largest absolute Gasteiger partial charge is 0.357 e. The summed E-state index contributed by atoms with van der Waals surface area (Å²) in [6.45, 7) is 2.87. The fourth-order valence-electron chi connectivity index (χ4n) is 3.94. The molecule has 0 aliphatic rings. The summed E-state index contributed by atoms with van der Waals surface area (Å²) >= 11 is 19.2. The van der Waals surface area contributed by atoms with Crippen LogP contribution in [0.1, 0.15) is 24.5 Å². The minimum atomic E-state index is -4.22. The summed E-state index contributed by atoms with van der Waals surface area (Å²) in [5.41, 5.74) is 1.45. The molecule has 202 valence electrons. The maximum atomic E-state index is 13.9. The van der Waals surface area contributed by atoms with E-state index in [1.165, 1.54) is 30.1 Å². The van der Waals surface area contributed by atoms with Crippen LogP contribution in [0, 0.1) is 6.92 Å². The van der Waals surface area contributed by atoms with E-state index in [1.54, 1.807) is 55.5 Å². The maximum absolute atomic E-state index is 13.9. The van der Waals surface area contributed by atoms with Gasteiger partial charge in [-0.25, -0.2) is 8.42 Å². The highest BCUT2D eigenvalue weighted by atomic mass is 35.5. The number of likely N-dealkylation sites (N-methyl/N-ethyl adjacent to an activating group) is 1. The topological polar surface area (TPSA) is 86.8 Å². The van der Waals surface area contributed by atoms with E-state index in [1.807, 2.05) is 6.92 Å². The second-order valence-corrected chi connectivity index (χ2v) is 11.6. The normalized spacial score (nSPS) is 12.1. The first kappa shape index (κ1) is 29.8. The van der Waals surface area contributed by atoms with E-state index in [0.29, 0.717) is 15.6 Å². The number of aryl methyl sites for hydroxylation is 1. The van der Waals surface area contributed by atoms with Gasteiger partial charge in [0, 0.05) is 29.2 Å². The molecule has 1 N–H and O–H groups in total. The molecule has 0 radical (unpaired) electrons. The highest BCUT2D eigenvalue weighted by Crippen LogP contribution is 2.32. The Morgan fingerprint density at radius 3 is 2.03 bits per heavy atom.